The maximum Gasteiger partial charge on any atom is 0.303 e. The minimum Gasteiger partial charge on any atom is -0.481 e. The van der Waals surface area contributed by atoms with Gasteiger partial charge in [-0.25, -0.2) is 9.78 Å². The molecule has 102 valence electrons. The van der Waals surface area contributed by atoms with Gasteiger partial charge >= 0.3 is 5.97 Å². The summed E-state index contributed by atoms with van der Waals surface area (Å²) in [6.45, 7) is 7.92. The summed E-state index contributed by atoms with van der Waals surface area (Å²) in [5.74, 6) is -0.754. The molecule has 0 aromatic heterocycles. The van der Waals surface area contributed by atoms with Crippen LogP contribution in [0, 0.1) is 0 Å². The van der Waals surface area contributed by atoms with Crippen LogP contribution in [0.4, 0.5) is 0 Å². The first-order chi connectivity index (χ1) is 7.85. The van der Waals surface area contributed by atoms with Crippen LogP contribution in [0.1, 0.15) is 66.2 Å². The van der Waals surface area contributed by atoms with Gasteiger partial charge in [-0.1, -0.05) is 19.8 Å². The molecule has 0 aromatic carbocycles. The molecule has 0 heterocycles. The fourth-order valence-corrected chi connectivity index (χ4v) is 1.37. The fraction of sp³-hybridized carbons (Fsp3) is 0.923. The van der Waals surface area contributed by atoms with Crippen LogP contribution in [0.25, 0.3) is 0 Å². The van der Waals surface area contributed by atoms with Crippen LogP contribution in [0.5, 0.6) is 0 Å². The Balaban J connectivity index is 3.91. The molecule has 0 bridgehead atoms. The predicted octanol–water partition coefficient (Wildman–Crippen LogP) is 3.55. The van der Waals surface area contributed by atoms with E-state index in [1.54, 1.807) is 0 Å². The highest BCUT2D eigenvalue weighted by Gasteiger charge is 2.17. The van der Waals surface area contributed by atoms with Crippen molar-refractivity contribution in [3.05, 3.63) is 0 Å². The maximum atomic E-state index is 10.4. The second-order valence-electron chi connectivity index (χ2n) is 5.34. The lowest BCUT2D eigenvalue weighted by Crippen LogP contribution is -2.24. The van der Waals surface area contributed by atoms with Crippen molar-refractivity contribution in [3.63, 3.8) is 0 Å². The number of rotatable bonds is 9. The van der Waals surface area contributed by atoms with Crippen molar-refractivity contribution in [1.29, 1.82) is 0 Å². The van der Waals surface area contributed by atoms with Crippen molar-refractivity contribution < 1.29 is 19.7 Å². The Kier molecular flexibility index (Phi) is 8.17. The van der Waals surface area contributed by atoms with Crippen LogP contribution < -0.4 is 0 Å². The summed E-state index contributed by atoms with van der Waals surface area (Å²) in [7, 11) is 0. The zero-order valence-electron chi connectivity index (χ0n) is 11.5. The second kappa shape index (κ2) is 8.48. The summed E-state index contributed by atoms with van der Waals surface area (Å²) in [6, 6.07) is 0. The molecular formula is C13H26O4. The van der Waals surface area contributed by atoms with E-state index in [1.165, 1.54) is 0 Å². The highest BCUT2D eigenvalue weighted by atomic mass is 17.2. The molecule has 1 atom stereocenters. The van der Waals surface area contributed by atoms with E-state index in [0.29, 0.717) is 6.42 Å². The minimum absolute atomic E-state index is 0.00789. The molecule has 0 spiro atoms. The van der Waals surface area contributed by atoms with E-state index >= 15 is 0 Å². The highest BCUT2D eigenvalue weighted by Crippen LogP contribution is 2.16. The summed E-state index contributed by atoms with van der Waals surface area (Å²) in [5, 5.41) is 8.59. The first-order valence-corrected chi connectivity index (χ1v) is 6.41. The SMILES string of the molecule is CCCCC(CCCC(=O)O)OOC(C)(C)C. The lowest BCUT2D eigenvalue weighted by molar-refractivity contribution is -0.374. The summed E-state index contributed by atoms with van der Waals surface area (Å²) in [6.07, 6.45) is 4.68. The van der Waals surface area contributed by atoms with E-state index in [-0.39, 0.29) is 18.1 Å². The fourth-order valence-electron chi connectivity index (χ4n) is 1.37. The van der Waals surface area contributed by atoms with Gasteiger partial charge < -0.3 is 5.11 Å². The lowest BCUT2D eigenvalue weighted by atomic mass is 10.1. The number of carbonyl (C=O) groups is 1. The van der Waals surface area contributed by atoms with Gasteiger partial charge in [-0.05, 0) is 40.0 Å². The molecule has 4 heteroatoms. The van der Waals surface area contributed by atoms with Gasteiger partial charge in [-0.2, -0.15) is 0 Å². The molecule has 1 unspecified atom stereocenters. The smallest absolute Gasteiger partial charge is 0.303 e. The monoisotopic (exact) mass is 246 g/mol. The summed E-state index contributed by atoms with van der Waals surface area (Å²) in [5.41, 5.74) is -0.322. The summed E-state index contributed by atoms with van der Waals surface area (Å²) >= 11 is 0. The molecular weight excluding hydrogens is 220 g/mol. The van der Waals surface area contributed by atoms with Crippen LogP contribution >= 0.6 is 0 Å². The van der Waals surface area contributed by atoms with E-state index in [4.69, 9.17) is 14.9 Å². The molecule has 4 nitrogen and oxygen atoms in total. The number of unbranched alkanes of at least 4 members (excludes halogenated alkanes) is 1. The van der Waals surface area contributed by atoms with E-state index in [0.717, 1.165) is 25.7 Å². The lowest BCUT2D eigenvalue weighted by Gasteiger charge is -2.23. The molecule has 0 aliphatic heterocycles. The van der Waals surface area contributed by atoms with Gasteiger partial charge in [0.05, 0.1) is 11.7 Å². The van der Waals surface area contributed by atoms with E-state index in [2.05, 4.69) is 6.92 Å². The third-order valence-corrected chi connectivity index (χ3v) is 2.23. The Hall–Kier alpha value is -0.610. The molecule has 0 rings (SSSR count). The largest absolute Gasteiger partial charge is 0.481 e. The number of carboxylic acids is 1. The Labute approximate surface area is 104 Å². The van der Waals surface area contributed by atoms with Crippen molar-refractivity contribution in [2.75, 3.05) is 0 Å². The van der Waals surface area contributed by atoms with Gasteiger partial charge in [-0.15, -0.1) is 0 Å². The predicted molar refractivity (Wildman–Crippen MR) is 66.7 cm³/mol. The first kappa shape index (κ1) is 16.4. The molecule has 0 aromatic rings. The van der Waals surface area contributed by atoms with E-state index in [9.17, 15) is 4.79 Å². The zero-order chi connectivity index (χ0) is 13.3. The van der Waals surface area contributed by atoms with Crippen LogP contribution in [0.3, 0.4) is 0 Å². The molecule has 0 aliphatic carbocycles. The topological polar surface area (TPSA) is 55.8 Å². The Bertz CT molecular complexity index is 208. The van der Waals surface area contributed by atoms with Crippen LogP contribution in [-0.2, 0) is 14.6 Å². The third-order valence-electron chi connectivity index (χ3n) is 2.23. The highest BCUT2D eigenvalue weighted by molar-refractivity contribution is 5.66. The summed E-state index contributed by atoms with van der Waals surface area (Å²) in [4.78, 5) is 21.1. The molecule has 0 aliphatic rings. The molecule has 0 fully saturated rings. The average Bonchev–Trinajstić information content (AvgIpc) is 2.19. The standard InChI is InChI=1S/C13H26O4/c1-5-6-8-11(9-7-10-12(14)15)16-17-13(2,3)4/h11H,5-10H2,1-4H3,(H,14,15). The number of carboxylic acid groups (broad SMARTS) is 1. The number of hydrogen-bond donors (Lipinski definition) is 1. The van der Waals surface area contributed by atoms with Gasteiger partial charge in [0.1, 0.15) is 0 Å². The van der Waals surface area contributed by atoms with Gasteiger partial charge in [0, 0.05) is 6.42 Å². The van der Waals surface area contributed by atoms with Crippen molar-refractivity contribution >= 4 is 5.97 Å². The van der Waals surface area contributed by atoms with Crippen LogP contribution in [-0.4, -0.2) is 22.8 Å². The normalized spacial score (nSPS) is 13.6. The molecule has 0 saturated carbocycles. The third kappa shape index (κ3) is 11.6. The molecule has 0 amide bonds. The van der Waals surface area contributed by atoms with Crippen molar-refractivity contribution in [1.82, 2.24) is 0 Å². The van der Waals surface area contributed by atoms with Crippen LogP contribution in [0.15, 0.2) is 0 Å². The Morgan fingerprint density at radius 2 is 1.82 bits per heavy atom. The van der Waals surface area contributed by atoms with Crippen molar-refractivity contribution in [3.8, 4) is 0 Å². The minimum atomic E-state index is -0.754. The van der Waals surface area contributed by atoms with Gasteiger partial charge in [0.15, 0.2) is 0 Å². The molecule has 1 N–H and O–H groups in total. The van der Waals surface area contributed by atoms with E-state index in [1.807, 2.05) is 20.8 Å². The van der Waals surface area contributed by atoms with Crippen LogP contribution in [0.2, 0.25) is 0 Å². The second-order valence-corrected chi connectivity index (χ2v) is 5.34. The maximum absolute atomic E-state index is 10.4. The molecule has 0 radical (unpaired) electrons. The number of aliphatic carboxylic acids is 1. The molecule has 17 heavy (non-hydrogen) atoms. The average molecular weight is 246 g/mol. The van der Waals surface area contributed by atoms with Crippen molar-refractivity contribution in [2.45, 2.75) is 77.9 Å². The first-order valence-electron chi connectivity index (χ1n) is 6.41. The zero-order valence-corrected chi connectivity index (χ0v) is 11.5. The summed E-state index contributed by atoms with van der Waals surface area (Å²) < 4.78 is 0. The quantitative estimate of drug-likeness (QED) is 0.499. The van der Waals surface area contributed by atoms with Gasteiger partial charge in [-0.3, -0.25) is 4.79 Å². The number of hydrogen-bond acceptors (Lipinski definition) is 3. The van der Waals surface area contributed by atoms with E-state index < -0.39 is 5.97 Å². The van der Waals surface area contributed by atoms with Gasteiger partial charge in [0.2, 0.25) is 0 Å². The molecule has 0 saturated heterocycles. The van der Waals surface area contributed by atoms with Crippen molar-refractivity contribution in [2.24, 2.45) is 0 Å². The Morgan fingerprint density at radius 1 is 1.24 bits per heavy atom. The Morgan fingerprint density at radius 3 is 2.29 bits per heavy atom. The van der Waals surface area contributed by atoms with Gasteiger partial charge in [0.25, 0.3) is 0 Å².